The zero-order chi connectivity index (χ0) is 23.8. The standard InChI is InChI=1S/C23H27N7O4S/c1-29-10-16(9-24-29)30-5-2-18-20(30)22(34-17-4-7-33-12-17)28-23(26-18)27-19-8-14(13-35-19)21(31)25-15-3-6-32-11-15/h2,5,8-10,13,15,17,21,25,31H,3-4,6-7,11-12H2,1H3,(H,26,27,28)/t15-,17+,21?/m1/s1. The van der Waals surface area contributed by atoms with Crippen LogP contribution in [0.15, 0.2) is 36.1 Å². The molecular formula is C23H27N7O4S. The summed E-state index contributed by atoms with van der Waals surface area (Å²) in [6.07, 6.45) is 6.55. The highest BCUT2D eigenvalue weighted by atomic mass is 32.1. The molecule has 0 saturated carbocycles. The van der Waals surface area contributed by atoms with E-state index in [0.29, 0.717) is 31.6 Å². The number of rotatable bonds is 8. The van der Waals surface area contributed by atoms with Crippen LogP contribution < -0.4 is 15.4 Å². The fraction of sp³-hybridized carbons (Fsp3) is 0.435. The number of thiophene rings is 1. The number of fused-ring (bicyclic) bond motifs is 1. The molecule has 1 unspecified atom stereocenters. The maximum absolute atomic E-state index is 10.6. The van der Waals surface area contributed by atoms with Crippen molar-refractivity contribution in [1.29, 1.82) is 0 Å². The summed E-state index contributed by atoms with van der Waals surface area (Å²) in [6.45, 7) is 2.55. The van der Waals surface area contributed by atoms with Gasteiger partial charge in [0.15, 0.2) is 0 Å². The molecule has 0 amide bonds. The average molecular weight is 498 g/mol. The topological polar surface area (TPSA) is 121 Å². The number of aromatic nitrogens is 5. The molecule has 0 radical (unpaired) electrons. The van der Waals surface area contributed by atoms with Crippen LogP contribution in [0.25, 0.3) is 16.7 Å². The van der Waals surface area contributed by atoms with Gasteiger partial charge in [0.25, 0.3) is 0 Å². The van der Waals surface area contributed by atoms with E-state index in [-0.39, 0.29) is 12.1 Å². The Balaban J connectivity index is 1.28. The third kappa shape index (κ3) is 4.75. The second-order valence-electron chi connectivity index (χ2n) is 8.75. The van der Waals surface area contributed by atoms with Crippen molar-refractivity contribution in [3.05, 3.63) is 41.7 Å². The third-order valence-corrected chi connectivity index (χ3v) is 6.99. The fourth-order valence-electron chi connectivity index (χ4n) is 4.32. The molecule has 0 bridgehead atoms. The van der Waals surface area contributed by atoms with E-state index in [1.165, 1.54) is 11.3 Å². The maximum atomic E-state index is 10.6. The van der Waals surface area contributed by atoms with Crippen LogP contribution in [0.2, 0.25) is 0 Å². The predicted octanol–water partition coefficient (Wildman–Crippen LogP) is 2.50. The van der Waals surface area contributed by atoms with Gasteiger partial charge in [0, 0.05) is 49.5 Å². The van der Waals surface area contributed by atoms with E-state index in [1.807, 2.05) is 41.5 Å². The first-order valence-corrected chi connectivity index (χ1v) is 12.5. The molecule has 3 N–H and O–H groups in total. The van der Waals surface area contributed by atoms with E-state index in [4.69, 9.17) is 24.2 Å². The van der Waals surface area contributed by atoms with E-state index in [9.17, 15) is 5.11 Å². The number of aryl methyl sites for hydroxylation is 1. The van der Waals surface area contributed by atoms with Crippen molar-refractivity contribution in [2.45, 2.75) is 31.2 Å². The molecule has 2 aliphatic rings. The molecule has 2 fully saturated rings. The fourth-order valence-corrected chi connectivity index (χ4v) is 5.13. The lowest BCUT2D eigenvalue weighted by Gasteiger charge is -2.16. The minimum absolute atomic E-state index is 0.0627. The Kier molecular flexibility index (Phi) is 6.12. The van der Waals surface area contributed by atoms with Gasteiger partial charge in [-0.15, -0.1) is 11.3 Å². The Labute approximate surface area is 205 Å². The monoisotopic (exact) mass is 497 g/mol. The van der Waals surface area contributed by atoms with Crippen LogP contribution in [0.1, 0.15) is 24.6 Å². The minimum Gasteiger partial charge on any atom is -0.470 e. The molecule has 0 spiro atoms. The number of hydrogen-bond donors (Lipinski definition) is 3. The lowest BCUT2D eigenvalue weighted by molar-refractivity contribution is 0.115. The first-order valence-electron chi connectivity index (χ1n) is 11.6. The highest BCUT2D eigenvalue weighted by Gasteiger charge is 2.23. The second-order valence-corrected chi connectivity index (χ2v) is 9.66. The molecule has 4 aromatic rings. The molecule has 2 aliphatic heterocycles. The Morgan fingerprint density at radius 3 is 2.89 bits per heavy atom. The summed E-state index contributed by atoms with van der Waals surface area (Å²) in [5, 5.41) is 24.1. The van der Waals surface area contributed by atoms with E-state index >= 15 is 0 Å². The SMILES string of the molecule is Cn1cc(-n2ccc3nc(Nc4cc(C(O)N[C@@H]5CCOC5)cs4)nc(O[C@H]4CCOC4)c32)cn1. The Morgan fingerprint density at radius 2 is 2.11 bits per heavy atom. The van der Waals surface area contributed by atoms with Crippen molar-refractivity contribution >= 4 is 33.3 Å². The van der Waals surface area contributed by atoms with E-state index < -0.39 is 6.23 Å². The van der Waals surface area contributed by atoms with Crippen molar-refractivity contribution in [2.75, 3.05) is 31.7 Å². The lowest BCUT2D eigenvalue weighted by atomic mass is 10.2. The molecule has 12 heteroatoms. The van der Waals surface area contributed by atoms with Crippen LogP contribution in [0.4, 0.5) is 10.9 Å². The number of nitrogens with zero attached hydrogens (tertiary/aromatic N) is 5. The van der Waals surface area contributed by atoms with Gasteiger partial charge in [0.2, 0.25) is 11.8 Å². The number of ether oxygens (including phenoxy) is 3. The smallest absolute Gasteiger partial charge is 0.244 e. The van der Waals surface area contributed by atoms with Gasteiger partial charge in [-0.2, -0.15) is 10.1 Å². The van der Waals surface area contributed by atoms with Gasteiger partial charge >= 0.3 is 0 Å². The van der Waals surface area contributed by atoms with Gasteiger partial charge in [-0.1, -0.05) is 0 Å². The summed E-state index contributed by atoms with van der Waals surface area (Å²) in [5.74, 6) is 0.914. The minimum atomic E-state index is -0.758. The summed E-state index contributed by atoms with van der Waals surface area (Å²) in [7, 11) is 1.88. The van der Waals surface area contributed by atoms with Crippen LogP contribution in [0, 0.1) is 0 Å². The van der Waals surface area contributed by atoms with Crippen LogP contribution in [-0.4, -0.2) is 68.0 Å². The number of aliphatic hydroxyl groups excluding tert-OH is 1. The summed E-state index contributed by atoms with van der Waals surface area (Å²) < 4.78 is 20.9. The largest absolute Gasteiger partial charge is 0.470 e. The molecule has 184 valence electrons. The van der Waals surface area contributed by atoms with Crippen LogP contribution in [0.3, 0.4) is 0 Å². The normalized spacial score (nSPS) is 21.1. The Morgan fingerprint density at radius 1 is 1.23 bits per heavy atom. The second kappa shape index (κ2) is 9.55. The van der Waals surface area contributed by atoms with Gasteiger partial charge < -0.3 is 29.2 Å². The van der Waals surface area contributed by atoms with Crippen LogP contribution >= 0.6 is 11.3 Å². The lowest BCUT2D eigenvalue weighted by Crippen LogP contribution is -2.32. The molecule has 6 heterocycles. The predicted molar refractivity (Wildman–Crippen MR) is 130 cm³/mol. The molecule has 3 atom stereocenters. The molecule has 0 aliphatic carbocycles. The van der Waals surface area contributed by atoms with Crippen molar-refractivity contribution in [2.24, 2.45) is 7.05 Å². The molecule has 6 rings (SSSR count). The first-order chi connectivity index (χ1) is 17.1. The highest BCUT2D eigenvalue weighted by molar-refractivity contribution is 7.14. The quantitative estimate of drug-likeness (QED) is 0.315. The van der Waals surface area contributed by atoms with Crippen LogP contribution in [-0.2, 0) is 16.5 Å². The van der Waals surface area contributed by atoms with Gasteiger partial charge in [0.05, 0.1) is 42.2 Å². The number of hydrogen-bond acceptors (Lipinski definition) is 10. The third-order valence-electron chi connectivity index (χ3n) is 6.13. The Hall–Kier alpha value is -3.03. The molecule has 0 aromatic carbocycles. The highest BCUT2D eigenvalue weighted by Crippen LogP contribution is 2.32. The average Bonchev–Trinajstić information content (AvgIpc) is 3.65. The van der Waals surface area contributed by atoms with Crippen molar-refractivity contribution in [3.8, 4) is 11.6 Å². The summed E-state index contributed by atoms with van der Waals surface area (Å²) in [4.78, 5) is 9.45. The molecule has 35 heavy (non-hydrogen) atoms. The summed E-state index contributed by atoms with van der Waals surface area (Å²) >= 11 is 1.48. The number of nitrogens with one attached hydrogen (secondary N) is 2. The van der Waals surface area contributed by atoms with E-state index in [2.05, 4.69) is 15.7 Å². The van der Waals surface area contributed by atoms with Gasteiger partial charge in [-0.3, -0.25) is 10.00 Å². The van der Waals surface area contributed by atoms with Gasteiger partial charge in [-0.25, -0.2) is 4.98 Å². The van der Waals surface area contributed by atoms with Crippen molar-refractivity contribution in [1.82, 2.24) is 29.6 Å². The number of aliphatic hydroxyl groups is 1. The molecule has 4 aromatic heterocycles. The van der Waals surface area contributed by atoms with Gasteiger partial charge in [-0.05, 0) is 18.6 Å². The van der Waals surface area contributed by atoms with Gasteiger partial charge in [0.1, 0.15) is 17.8 Å². The first kappa shape index (κ1) is 22.4. The number of anilines is 2. The van der Waals surface area contributed by atoms with E-state index in [1.54, 1.807) is 10.9 Å². The van der Waals surface area contributed by atoms with Crippen molar-refractivity contribution < 1.29 is 19.3 Å². The van der Waals surface area contributed by atoms with Crippen LogP contribution in [0.5, 0.6) is 5.88 Å². The Bertz CT molecular complexity index is 1310. The molecular weight excluding hydrogens is 470 g/mol. The zero-order valence-electron chi connectivity index (χ0n) is 19.3. The summed E-state index contributed by atoms with van der Waals surface area (Å²) in [5.41, 5.74) is 3.21. The molecule has 11 nitrogen and oxygen atoms in total. The maximum Gasteiger partial charge on any atom is 0.244 e. The van der Waals surface area contributed by atoms with Crippen molar-refractivity contribution in [3.63, 3.8) is 0 Å². The molecule has 2 saturated heterocycles. The zero-order valence-corrected chi connectivity index (χ0v) is 20.1. The van der Waals surface area contributed by atoms with E-state index in [0.717, 1.165) is 46.7 Å². The summed E-state index contributed by atoms with van der Waals surface area (Å²) in [6, 6.07) is 4.00.